The van der Waals surface area contributed by atoms with Gasteiger partial charge in [-0.3, -0.25) is 0 Å². The van der Waals surface area contributed by atoms with Crippen LogP contribution < -0.4 is 4.18 Å². The number of hydrogen-bond acceptors (Lipinski definition) is 5. The third-order valence-electron chi connectivity index (χ3n) is 5.47. The van der Waals surface area contributed by atoms with Crippen molar-refractivity contribution in [2.75, 3.05) is 0 Å². The van der Waals surface area contributed by atoms with Crippen molar-refractivity contribution >= 4 is 20.1 Å². The summed E-state index contributed by atoms with van der Waals surface area (Å²) in [6, 6.07) is 17.1. The molecule has 0 unspecified atom stereocenters. The van der Waals surface area contributed by atoms with Crippen molar-refractivity contribution in [3.8, 4) is 5.75 Å². The van der Waals surface area contributed by atoms with Gasteiger partial charge in [0.1, 0.15) is 16.5 Å². The zero-order chi connectivity index (χ0) is 26.0. The molecule has 35 heavy (non-hydrogen) atoms. The van der Waals surface area contributed by atoms with Crippen molar-refractivity contribution < 1.29 is 25.4 Å². The number of sulfonamides is 1. The van der Waals surface area contributed by atoms with Crippen LogP contribution in [-0.2, 0) is 32.1 Å². The first-order valence-corrected chi connectivity index (χ1v) is 14.0. The molecule has 0 fully saturated rings. The molecule has 0 heterocycles. The van der Waals surface area contributed by atoms with Gasteiger partial charge in [-0.05, 0) is 78.9 Å². The lowest BCUT2D eigenvalue weighted by atomic mass is 9.87. The van der Waals surface area contributed by atoms with Crippen LogP contribution in [0, 0.1) is 5.82 Å². The van der Waals surface area contributed by atoms with Crippen LogP contribution in [0.5, 0.6) is 5.75 Å². The van der Waals surface area contributed by atoms with E-state index in [0.29, 0.717) is 5.56 Å². The highest BCUT2D eigenvalue weighted by Crippen LogP contribution is 2.27. The van der Waals surface area contributed by atoms with Gasteiger partial charge < -0.3 is 4.18 Å². The molecule has 0 N–H and O–H groups in total. The van der Waals surface area contributed by atoms with E-state index in [4.69, 9.17) is 4.18 Å². The summed E-state index contributed by atoms with van der Waals surface area (Å²) in [6.07, 6.45) is 0. The van der Waals surface area contributed by atoms with Crippen molar-refractivity contribution in [1.29, 1.82) is 0 Å². The molecule has 0 aliphatic heterocycles. The molecule has 9 heteroatoms. The van der Waals surface area contributed by atoms with Gasteiger partial charge in [0.15, 0.2) is 0 Å². The highest BCUT2D eigenvalue weighted by atomic mass is 32.2. The molecule has 188 valence electrons. The molecule has 0 atom stereocenters. The SMILES string of the molecule is CC(C)N(Cc1ccc(OS(=O)(=O)c2ccc(F)cc2)cc1)S(=O)(=O)c1ccc(C(C)(C)C)cc1. The molecule has 0 aliphatic rings. The molecular formula is C26H30FNO5S2. The van der Waals surface area contributed by atoms with E-state index in [1.807, 2.05) is 12.1 Å². The Morgan fingerprint density at radius 3 is 1.80 bits per heavy atom. The van der Waals surface area contributed by atoms with E-state index >= 15 is 0 Å². The standard InChI is InChI=1S/C26H30FNO5S2/c1-19(2)28(34(29,30)24-14-8-21(9-15-24)26(3,4)5)18-20-6-12-23(13-7-20)33-35(31,32)25-16-10-22(27)11-17-25/h6-17,19H,18H2,1-5H3. The van der Waals surface area contributed by atoms with E-state index in [2.05, 4.69) is 20.8 Å². The quantitative estimate of drug-likeness (QED) is 0.368. The third kappa shape index (κ3) is 6.48. The van der Waals surface area contributed by atoms with Crippen LogP contribution in [0.4, 0.5) is 4.39 Å². The first-order valence-electron chi connectivity index (χ1n) is 11.1. The molecule has 3 aromatic carbocycles. The van der Waals surface area contributed by atoms with E-state index in [9.17, 15) is 21.2 Å². The molecular weight excluding hydrogens is 489 g/mol. The van der Waals surface area contributed by atoms with Crippen LogP contribution in [0.2, 0.25) is 0 Å². The summed E-state index contributed by atoms with van der Waals surface area (Å²) in [4.78, 5) is 0.0436. The Balaban J connectivity index is 1.79. The summed E-state index contributed by atoms with van der Waals surface area (Å²) in [5, 5.41) is 0. The van der Waals surface area contributed by atoms with Crippen LogP contribution in [0.15, 0.2) is 82.6 Å². The summed E-state index contributed by atoms with van der Waals surface area (Å²) in [6.45, 7) is 9.90. The Kier molecular flexibility index (Phi) is 7.74. The zero-order valence-corrected chi connectivity index (χ0v) is 22.0. The lowest BCUT2D eigenvalue weighted by molar-refractivity contribution is 0.348. The number of hydrogen-bond donors (Lipinski definition) is 0. The van der Waals surface area contributed by atoms with E-state index in [0.717, 1.165) is 29.8 Å². The largest absolute Gasteiger partial charge is 0.379 e. The molecule has 0 saturated carbocycles. The van der Waals surface area contributed by atoms with Crippen molar-refractivity contribution in [3.63, 3.8) is 0 Å². The Morgan fingerprint density at radius 2 is 1.31 bits per heavy atom. The minimum Gasteiger partial charge on any atom is -0.379 e. The summed E-state index contributed by atoms with van der Waals surface area (Å²) in [7, 11) is -7.89. The minimum atomic E-state index is -4.13. The van der Waals surface area contributed by atoms with Gasteiger partial charge in [-0.2, -0.15) is 12.7 Å². The van der Waals surface area contributed by atoms with Crippen LogP contribution in [0.1, 0.15) is 45.7 Å². The maximum Gasteiger partial charge on any atom is 0.339 e. The molecule has 6 nitrogen and oxygen atoms in total. The molecule has 3 rings (SSSR count). The zero-order valence-electron chi connectivity index (χ0n) is 20.4. The first-order chi connectivity index (χ1) is 16.2. The molecule has 3 aromatic rings. The molecule has 0 aliphatic carbocycles. The topological polar surface area (TPSA) is 80.8 Å². The monoisotopic (exact) mass is 519 g/mol. The predicted octanol–water partition coefficient (Wildman–Crippen LogP) is 5.49. The van der Waals surface area contributed by atoms with Crippen LogP contribution in [0.3, 0.4) is 0 Å². The third-order valence-corrected chi connectivity index (χ3v) is 8.77. The normalized spacial score (nSPS) is 12.8. The second kappa shape index (κ2) is 10.1. The summed E-state index contributed by atoms with van der Waals surface area (Å²) in [5.41, 5.74) is 1.62. The molecule has 0 spiro atoms. The van der Waals surface area contributed by atoms with Gasteiger partial charge in [-0.1, -0.05) is 45.0 Å². The summed E-state index contributed by atoms with van der Waals surface area (Å²) in [5.74, 6) is -0.488. The molecule has 0 saturated heterocycles. The first kappa shape index (κ1) is 26.8. The average molecular weight is 520 g/mol. The van der Waals surface area contributed by atoms with Crippen molar-refractivity contribution in [2.45, 2.75) is 62.4 Å². The number of rotatable bonds is 8. The summed E-state index contributed by atoms with van der Waals surface area (Å²) < 4.78 is 71.2. The van der Waals surface area contributed by atoms with Crippen LogP contribution in [0.25, 0.3) is 0 Å². The van der Waals surface area contributed by atoms with Crippen molar-refractivity contribution in [3.05, 3.63) is 89.7 Å². The van der Waals surface area contributed by atoms with Crippen LogP contribution >= 0.6 is 0 Å². The second-order valence-corrected chi connectivity index (χ2v) is 13.0. The van der Waals surface area contributed by atoms with E-state index < -0.39 is 26.0 Å². The Bertz CT molecular complexity index is 1360. The molecule has 0 aromatic heterocycles. The van der Waals surface area contributed by atoms with Gasteiger partial charge in [0.05, 0.1) is 4.90 Å². The number of nitrogens with zero attached hydrogens (tertiary/aromatic N) is 1. The van der Waals surface area contributed by atoms with Gasteiger partial charge in [0.2, 0.25) is 10.0 Å². The predicted molar refractivity (Wildman–Crippen MR) is 134 cm³/mol. The van der Waals surface area contributed by atoms with Gasteiger partial charge in [0, 0.05) is 12.6 Å². The Labute approximate surface area is 207 Å². The van der Waals surface area contributed by atoms with Crippen molar-refractivity contribution in [2.24, 2.45) is 0 Å². The highest BCUT2D eigenvalue weighted by Gasteiger charge is 2.28. The lowest BCUT2D eigenvalue weighted by Gasteiger charge is -2.27. The fraction of sp³-hybridized carbons (Fsp3) is 0.308. The highest BCUT2D eigenvalue weighted by molar-refractivity contribution is 7.89. The fourth-order valence-corrected chi connectivity index (χ4v) is 5.97. The smallest absolute Gasteiger partial charge is 0.339 e. The number of halogens is 1. The van der Waals surface area contributed by atoms with E-state index in [-0.39, 0.29) is 33.5 Å². The maximum atomic E-state index is 13.4. The number of benzene rings is 3. The average Bonchev–Trinajstić information content (AvgIpc) is 2.78. The van der Waals surface area contributed by atoms with Crippen molar-refractivity contribution in [1.82, 2.24) is 4.31 Å². The fourth-order valence-electron chi connectivity index (χ4n) is 3.41. The Morgan fingerprint density at radius 1 is 0.800 bits per heavy atom. The Hall–Kier alpha value is -2.75. The minimum absolute atomic E-state index is 0.0646. The van der Waals surface area contributed by atoms with E-state index in [1.165, 1.54) is 16.4 Å². The van der Waals surface area contributed by atoms with Gasteiger partial charge >= 0.3 is 10.1 Å². The maximum absolute atomic E-state index is 13.4. The second-order valence-electron chi connectivity index (χ2n) is 9.55. The summed E-state index contributed by atoms with van der Waals surface area (Å²) >= 11 is 0. The van der Waals surface area contributed by atoms with Crippen LogP contribution in [-0.4, -0.2) is 27.2 Å². The molecule has 0 radical (unpaired) electrons. The van der Waals surface area contributed by atoms with Gasteiger partial charge in [-0.25, -0.2) is 12.8 Å². The molecule has 0 bridgehead atoms. The van der Waals surface area contributed by atoms with Gasteiger partial charge in [0.25, 0.3) is 0 Å². The molecule has 0 amide bonds. The lowest BCUT2D eigenvalue weighted by Crippen LogP contribution is -2.36. The van der Waals surface area contributed by atoms with Gasteiger partial charge in [-0.15, -0.1) is 0 Å². The van der Waals surface area contributed by atoms with E-state index in [1.54, 1.807) is 38.1 Å².